The van der Waals surface area contributed by atoms with E-state index in [9.17, 15) is 8.42 Å². The van der Waals surface area contributed by atoms with E-state index in [1.165, 1.54) is 0 Å². The fourth-order valence-electron chi connectivity index (χ4n) is 2.32. The molecular weight excluding hydrogens is 266 g/mol. The van der Waals surface area contributed by atoms with Gasteiger partial charge in [0, 0.05) is 12.0 Å². The van der Waals surface area contributed by atoms with E-state index >= 15 is 0 Å². The molecule has 1 aromatic rings. The van der Waals surface area contributed by atoms with E-state index in [-0.39, 0.29) is 6.04 Å². The van der Waals surface area contributed by atoms with Crippen molar-refractivity contribution >= 4 is 10.0 Å². The number of ether oxygens (including phenoxy) is 2. The average Bonchev–Trinajstić information content (AvgIpc) is 2.25. The predicted octanol–water partition coefficient (Wildman–Crippen LogP) is 1.85. The molecule has 19 heavy (non-hydrogen) atoms. The molecule has 1 heterocycles. The van der Waals surface area contributed by atoms with Crippen molar-refractivity contribution in [3.63, 3.8) is 0 Å². The minimum atomic E-state index is -3.28. The maximum atomic E-state index is 11.5. The highest BCUT2D eigenvalue weighted by molar-refractivity contribution is 7.88. The zero-order chi connectivity index (χ0) is 14.3. The largest absolute Gasteiger partial charge is 0.497 e. The van der Waals surface area contributed by atoms with Crippen LogP contribution in [0.5, 0.6) is 11.5 Å². The minimum Gasteiger partial charge on any atom is -0.497 e. The fourth-order valence-corrected chi connectivity index (χ4v) is 3.05. The Balaban J connectivity index is 2.44. The van der Waals surface area contributed by atoms with Crippen LogP contribution < -0.4 is 14.2 Å². The molecule has 0 radical (unpaired) electrons. The van der Waals surface area contributed by atoms with Gasteiger partial charge in [-0.1, -0.05) is 0 Å². The maximum Gasteiger partial charge on any atom is 0.209 e. The minimum absolute atomic E-state index is 0.302. The molecule has 2 rings (SSSR count). The van der Waals surface area contributed by atoms with Crippen molar-refractivity contribution in [1.82, 2.24) is 4.72 Å². The number of hydrogen-bond acceptors (Lipinski definition) is 4. The van der Waals surface area contributed by atoms with Crippen LogP contribution in [-0.2, 0) is 10.0 Å². The zero-order valence-electron chi connectivity index (χ0n) is 11.6. The van der Waals surface area contributed by atoms with E-state index in [1.807, 2.05) is 26.0 Å². The summed E-state index contributed by atoms with van der Waals surface area (Å²) < 4.78 is 36.7. The number of hydrogen-bond donors (Lipinski definition) is 1. The average molecular weight is 285 g/mol. The summed E-state index contributed by atoms with van der Waals surface area (Å²) in [7, 11) is -1.70. The normalized spacial score (nSPS) is 21.4. The van der Waals surface area contributed by atoms with Crippen molar-refractivity contribution in [3.8, 4) is 11.5 Å². The van der Waals surface area contributed by atoms with Gasteiger partial charge in [-0.2, -0.15) is 0 Å². The van der Waals surface area contributed by atoms with E-state index in [0.29, 0.717) is 17.9 Å². The summed E-state index contributed by atoms with van der Waals surface area (Å²) in [4.78, 5) is 0. The molecule has 0 spiro atoms. The molecular formula is C13H19NO4S. The van der Waals surface area contributed by atoms with Gasteiger partial charge in [0.15, 0.2) is 0 Å². The standard InChI is InChI=1S/C13H19NO4S/c1-13(2)8-11(14-19(4,15)16)10-7-9(17-3)5-6-12(10)18-13/h5-7,11,14H,8H2,1-4H3/t11-/m0/s1. The molecule has 1 atom stereocenters. The van der Waals surface area contributed by atoms with Crippen molar-refractivity contribution < 1.29 is 17.9 Å². The third kappa shape index (κ3) is 3.39. The third-order valence-corrected chi connectivity index (χ3v) is 3.74. The Labute approximate surface area is 114 Å². The molecule has 0 fully saturated rings. The van der Waals surface area contributed by atoms with Gasteiger partial charge in [0.1, 0.15) is 17.1 Å². The first-order chi connectivity index (χ1) is 8.70. The molecule has 6 heteroatoms. The Bertz CT molecular complexity index is 580. The number of methoxy groups -OCH3 is 1. The topological polar surface area (TPSA) is 64.6 Å². The lowest BCUT2D eigenvalue weighted by atomic mass is 9.90. The zero-order valence-corrected chi connectivity index (χ0v) is 12.4. The Kier molecular flexibility index (Phi) is 3.49. The highest BCUT2D eigenvalue weighted by Crippen LogP contribution is 2.41. The SMILES string of the molecule is COc1ccc2c(c1)[C@@H](NS(C)(=O)=O)CC(C)(C)O2. The first kappa shape index (κ1) is 14.1. The number of rotatable bonds is 3. The van der Waals surface area contributed by atoms with Gasteiger partial charge in [-0.05, 0) is 32.0 Å². The fraction of sp³-hybridized carbons (Fsp3) is 0.538. The second kappa shape index (κ2) is 4.68. The molecule has 1 aliphatic rings. The van der Waals surface area contributed by atoms with Crippen LogP contribution in [0.3, 0.4) is 0 Å². The van der Waals surface area contributed by atoms with Gasteiger partial charge in [-0.3, -0.25) is 0 Å². The van der Waals surface area contributed by atoms with Crippen molar-refractivity contribution in [2.75, 3.05) is 13.4 Å². The second-order valence-corrected chi connectivity index (χ2v) is 7.19. The van der Waals surface area contributed by atoms with Crippen molar-refractivity contribution in [1.29, 1.82) is 0 Å². The molecule has 0 amide bonds. The quantitative estimate of drug-likeness (QED) is 0.920. The van der Waals surface area contributed by atoms with Gasteiger partial charge in [0.05, 0.1) is 19.4 Å². The lowest BCUT2D eigenvalue weighted by Gasteiger charge is -2.37. The summed E-state index contributed by atoms with van der Waals surface area (Å²) in [5.41, 5.74) is 0.397. The van der Waals surface area contributed by atoms with Crippen molar-refractivity contribution in [3.05, 3.63) is 23.8 Å². The predicted molar refractivity (Wildman–Crippen MR) is 73.0 cm³/mol. The van der Waals surface area contributed by atoms with Gasteiger partial charge in [0.25, 0.3) is 0 Å². The van der Waals surface area contributed by atoms with Crippen LogP contribution in [0.1, 0.15) is 31.9 Å². The van der Waals surface area contributed by atoms with Gasteiger partial charge < -0.3 is 9.47 Å². The molecule has 0 saturated heterocycles. The Hall–Kier alpha value is -1.27. The van der Waals surface area contributed by atoms with Crippen LogP contribution in [0.25, 0.3) is 0 Å². The van der Waals surface area contributed by atoms with Crippen LogP contribution in [-0.4, -0.2) is 27.4 Å². The van der Waals surface area contributed by atoms with Crippen LogP contribution in [0.4, 0.5) is 0 Å². The summed E-state index contributed by atoms with van der Waals surface area (Å²) in [6.45, 7) is 3.88. The molecule has 0 saturated carbocycles. The molecule has 0 unspecified atom stereocenters. The Morgan fingerprint density at radius 1 is 1.42 bits per heavy atom. The van der Waals surface area contributed by atoms with E-state index in [1.54, 1.807) is 13.2 Å². The maximum absolute atomic E-state index is 11.5. The summed E-state index contributed by atoms with van der Waals surface area (Å²) in [6.07, 6.45) is 1.73. The van der Waals surface area contributed by atoms with Crippen molar-refractivity contribution in [2.45, 2.75) is 31.9 Å². The van der Waals surface area contributed by atoms with Gasteiger partial charge >= 0.3 is 0 Å². The Morgan fingerprint density at radius 2 is 2.11 bits per heavy atom. The molecule has 1 N–H and O–H groups in total. The van der Waals surface area contributed by atoms with Crippen LogP contribution >= 0.6 is 0 Å². The molecule has 5 nitrogen and oxygen atoms in total. The van der Waals surface area contributed by atoms with Gasteiger partial charge in [0.2, 0.25) is 10.0 Å². The summed E-state index contributed by atoms with van der Waals surface area (Å²) in [5.74, 6) is 1.38. The van der Waals surface area contributed by atoms with E-state index < -0.39 is 15.6 Å². The second-order valence-electron chi connectivity index (χ2n) is 5.41. The smallest absolute Gasteiger partial charge is 0.209 e. The number of nitrogens with one attached hydrogen (secondary N) is 1. The van der Waals surface area contributed by atoms with E-state index in [2.05, 4.69) is 4.72 Å². The third-order valence-electron chi connectivity index (χ3n) is 3.03. The van der Waals surface area contributed by atoms with Crippen LogP contribution in [0.2, 0.25) is 0 Å². The highest BCUT2D eigenvalue weighted by atomic mass is 32.2. The van der Waals surface area contributed by atoms with Gasteiger partial charge in [-0.15, -0.1) is 0 Å². The van der Waals surface area contributed by atoms with E-state index in [4.69, 9.17) is 9.47 Å². The van der Waals surface area contributed by atoms with Crippen LogP contribution in [0, 0.1) is 0 Å². The number of fused-ring (bicyclic) bond motifs is 1. The van der Waals surface area contributed by atoms with Crippen molar-refractivity contribution in [2.24, 2.45) is 0 Å². The lowest BCUT2D eigenvalue weighted by molar-refractivity contribution is 0.0700. The summed E-state index contributed by atoms with van der Waals surface area (Å²) in [6, 6.07) is 5.13. The van der Waals surface area contributed by atoms with Gasteiger partial charge in [-0.25, -0.2) is 13.1 Å². The lowest BCUT2D eigenvalue weighted by Crippen LogP contribution is -2.41. The van der Waals surface area contributed by atoms with E-state index in [0.717, 1.165) is 11.8 Å². The highest BCUT2D eigenvalue weighted by Gasteiger charge is 2.35. The first-order valence-corrected chi connectivity index (χ1v) is 7.93. The molecule has 0 bridgehead atoms. The molecule has 0 aliphatic carbocycles. The van der Waals surface area contributed by atoms with Crippen LogP contribution in [0.15, 0.2) is 18.2 Å². The summed E-state index contributed by atoms with van der Waals surface area (Å²) >= 11 is 0. The monoisotopic (exact) mass is 285 g/mol. The number of benzene rings is 1. The molecule has 106 valence electrons. The summed E-state index contributed by atoms with van der Waals surface area (Å²) in [5, 5.41) is 0. The molecule has 1 aromatic carbocycles. The Morgan fingerprint density at radius 3 is 2.68 bits per heavy atom. The first-order valence-electron chi connectivity index (χ1n) is 6.04. The number of sulfonamides is 1. The molecule has 1 aliphatic heterocycles. The molecule has 0 aromatic heterocycles.